The summed E-state index contributed by atoms with van der Waals surface area (Å²) in [7, 11) is 0. The van der Waals surface area contributed by atoms with Crippen LogP contribution in [0.2, 0.25) is 0 Å². The first-order valence-electron chi connectivity index (χ1n) is 3.87. The molecular weight excluding hydrogens is 110 g/mol. The van der Waals surface area contributed by atoms with Crippen LogP contribution in [0, 0.1) is 11.3 Å². The van der Waals surface area contributed by atoms with Crippen molar-refractivity contribution in [2.24, 2.45) is 11.3 Å². The van der Waals surface area contributed by atoms with Crippen LogP contribution in [0.15, 0.2) is 0 Å². The first-order valence-corrected chi connectivity index (χ1v) is 3.87. The van der Waals surface area contributed by atoms with Gasteiger partial charge in [-0.25, -0.2) is 0 Å². The molecule has 0 radical (unpaired) electrons. The molecule has 1 rings (SSSR count). The molecule has 0 aromatic heterocycles. The van der Waals surface area contributed by atoms with Crippen LogP contribution in [-0.2, 0) is 0 Å². The maximum absolute atomic E-state index is 3.30. The first-order chi connectivity index (χ1) is 4.17. The Bertz CT molecular complexity index is 92.7. The molecule has 1 heteroatoms. The van der Waals surface area contributed by atoms with Crippen molar-refractivity contribution in [1.29, 1.82) is 0 Å². The van der Waals surface area contributed by atoms with E-state index in [1.165, 1.54) is 19.5 Å². The number of rotatable bonds is 2. The Morgan fingerprint density at radius 1 is 1.44 bits per heavy atom. The third-order valence-electron chi connectivity index (χ3n) is 2.80. The van der Waals surface area contributed by atoms with E-state index in [9.17, 15) is 0 Å². The van der Waals surface area contributed by atoms with Gasteiger partial charge in [0.05, 0.1) is 0 Å². The summed E-state index contributed by atoms with van der Waals surface area (Å²) < 4.78 is 0. The highest BCUT2D eigenvalue weighted by Gasteiger charge is 2.31. The van der Waals surface area contributed by atoms with Gasteiger partial charge in [-0.2, -0.15) is 0 Å². The first kappa shape index (κ1) is 7.07. The predicted molar refractivity (Wildman–Crippen MR) is 40.4 cm³/mol. The molecule has 0 spiro atoms. The van der Waals surface area contributed by atoms with Crippen molar-refractivity contribution in [3.8, 4) is 0 Å². The van der Waals surface area contributed by atoms with Crippen molar-refractivity contribution in [3.05, 3.63) is 0 Å². The number of nitrogens with one attached hydrogen (secondary N) is 1. The second-order valence-corrected chi connectivity index (χ2v) is 3.70. The van der Waals surface area contributed by atoms with Gasteiger partial charge in [-0.3, -0.25) is 0 Å². The minimum absolute atomic E-state index is 0.575. The fraction of sp³-hybridized carbons (Fsp3) is 1.00. The van der Waals surface area contributed by atoms with Crippen molar-refractivity contribution in [3.63, 3.8) is 0 Å². The summed E-state index contributed by atoms with van der Waals surface area (Å²) in [5, 5.41) is 3.30. The van der Waals surface area contributed by atoms with Gasteiger partial charge in [0.1, 0.15) is 0 Å². The van der Waals surface area contributed by atoms with Gasteiger partial charge in [0.15, 0.2) is 0 Å². The van der Waals surface area contributed by atoms with Crippen molar-refractivity contribution in [2.75, 3.05) is 13.1 Å². The topological polar surface area (TPSA) is 12.0 Å². The molecule has 0 amide bonds. The zero-order chi connectivity index (χ0) is 6.91. The minimum atomic E-state index is 0.575. The van der Waals surface area contributed by atoms with E-state index in [4.69, 9.17) is 0 Å². The molecule has 1 saturated heterocycles. The Balaban J connectivity index is 2.37. The van der Waals surface area contributed by atoms with Gasteiger partial charge in [0.25, 0.3) is 0 Å². The quantitative estimate of drug-likeness (QED) is 0.594. The van der Waals surface area contributed by atoms with Crippen molar-refractivity contribution in [1.82, 2.24) is 5.32 Å². The summed E-state index contributed by atoms with van der Waals surface area (Å²) >= 11 is 0. The zero-order valence-electron chi connectivity index (χ0n) is 6.70. The average Bonchev–Trinajstić information content (AvgIpc) is 1.60. The molecule has 9 heavy (non-hydrogen) atoms. The molecule has 0 aromatic rings. The average molecular weight is 127 g/mol. The Labute approximate surface area is 57.8 Å². The number of hydrogen-bond acceptors (Lipinski definition) is 1. The van der Waals surface area contributed by atoms with Crippen LogP contribution in [0.5, 0.6) is 0 Å². The summed E-state index contributed by atoms with van der Waals surface area (Å²) in [5.74, 6) is 0.933. The lowest BCUT2D eigenvalue weighted by Gasteiger charge is -2.40. The predicted octanol–water partition coefficient (Wildman–Crippen LogP) is 1.64. The van der Waals surface area contributed by atoms with E-state index in [2.05, 4.69) is 26.1 Å². The molecule has 54 valence electrons. The molecule has 0 bridgehead atoms. The summed E-state index contributed by atoms with van der Waals surface area (Å²) in [6.45, 7) is 9.47. The van der Waals surface area contributed by atoms with Gasteiger partial charge in [0.2, 0.25) is 0 Å². The largest absolute Gasteiger partial charge is 0.316 e. The Hall–Kier alpha value is -0.0400. The van der Waals surface area contributed by atoms with Gasteiger partial charge in [-0.15, -0.1) is 0 Å². The van der Waals surface area contributed by atoms with Gasteiger partial charge in [-0.1, -0.05) is 27.2 Å². The molecule has 0 saturated carbocycles. The SMILES string of the molecule is CCC(C)(C)C1CNC1. The fourth-order valence-electron chi connectivity index (χ4n) is 1.13. The van der Waals surface area contributed by atoms with E-state index in [0.29, 0.717) is 5.41 Å². The Morgan fingerprint density at radius 2 is 2.00 bits per heavy atom. The van der Waals surface area contributed by atoms with Crippen molar-refractivity contribution in [2.45, 2.75) is 27.2 Å². The second-order valence-electron chi connectivity index (χ2n) is 3.70. The lowest BCUT2D eigenvalue weighted by molar-refractivity contribution is 0.139. The summed E-state index contributed by atoms with van der Waals surface area (Å²) in [4.78, 5) is 0. The second kappa shape index (κ2) is 2.30. The standard InChI is InChI=1S/C8H17N/c1-4-8(2,3)7-5-9-6-7/h7,9H,4-6H2,1-3H3. The van der Waals surface area contributed by atoms with Crippen LogP contribution >= 0.6 is 0 Å². The fourth-order valence-corrected chi connectivity index (χ4v) is 1.13. The van der Waals surface area contributed by atoms with Crippen LogP contribution < -0.4 is 5.32 Å². The van der Waals surface area contributed by atoms with Crippen LogP contribution in [0.1, 0.15) is 27.2 Å². The molecule has 1 aliphatic heterocycles. The third kappa shape index (κ3) is 1.26. The van der Waals surface area contributed by atoms with E-state index < -0.39 is 0 Å². The van der Waals surface area contributed by atoms with Crippen LogP contribution in [0.3, 0.4) is 0 Å². The molecule has 0 unspecified atom stereocenters. The van der Waals surface area contributed by atoms with Gasteiger partial charge in [-0.05, 0) is 24.4 Å². The van der Waals surface area contributed by atoms with E-state index in [0.717, 1.165) is 5.92 Å². The Morgan fingerprint density at radius 3 is 2.11 bits per heavy atom. The van der Waals surface area contributed by atoms with E-state index in [1.807, 2.05) is 0 Å². The zero-order valence-corrected chi connectivity index (χ0v) is 6.70. The summed E-state index contributed by atoms with van der Waals surface area (Å²) in [6, 6.07) is 0. The summed E-state index contributed by atoms with van der Waals surface area (Å²) in [5.41, 5.74) is 0.575. The van der Waals surface area contributed by atoms with Crippen LogP contribution in [0.4, 0.5) is 0 Å². The van der Waals surface area contributed by atoms with E-state index in [1.54, 1.807) is 0 Å². The maximum Gasteiger partial charge on any atom is -0.000313 e. The molecular formula is C8H17N. The lowest BCUT2D eigenvalue weighted by Crippen LogP contribution is -2.49. The molecule has 1 nitrogen and oxygen atoms in total. The smallest absolute Gasteiger partial charge is 0.000313 e. The molecule has 1 heterocycles. The van der Waals surface area contributed by atoms with Crippen LogP contribution in [0.25, 0.3) is 0 Å². The van der Waals surface area contributed by atoms with Crippen molar-refractivity contribution >= 4 is 0 Å². The summed E-state index contributed by atoms with van der Waals surface area (Å²) in [6.07, 6.45) is 1.30. The highest BCUT2D eigenvalue weighted by atomic mass is 15.0. The lowest BCUT2D eigenvalue weighted by atomic mass is 9.74. The highest BCUT2D eigenvalue weighted by molar-refractivity contribution is 4.86. The normalized spacial score (nSPS) is 21.7. The molecule has 0 aromatic carbocycles. The van der Waals surface area contributed by atoms with Crippen LogP contribution in [-0.4, -0.2) is 13.1 Å². The number of hydrogen-bond donors (Lipinski definition) is 1. The third-order valence-corrected chi connectivity index (χ3v) is 2.80. The molecule has 0 aliphatic carbocycles. The molecule has 0 atom stereocenters. The van der Waals surface area contributed by atoms with Gasteiger partial charge < -0.3 is 5.32 Å². The molecule has 1 fully saturated rings. The van der Waals surface area contributed by atoms with E-state index in [-0.39, 0.29) is 0 Å². The van der Waals surface area contributed by atoms with Gasteiger partial charge in [0, 0.05) is 0 Å². The van der Waals surface area contributed by atoms with E-state index >= 15 is 0 Å². The maximum atomic E-state index is 3.30. The van der Waals surface area contributed by atoms with Gasteiger partial charge >= 0.3 is 0 Å². The Kier molecular flexibility index (Phi) is 1.80. The molecule has 1 aliphatic rings. The monoisotopic (exact) mass is 127 g/mol. The highest BCUT2D eigenvalue weighted by Crippen LogP contribution is 2.32. The van der Waals surface area contributed by atoms with Crippen molar-refractivity contribution < 1.29 is 0 Å². The molecule has 1 N–H and O–H groups in total. The minimum Gasteiger partial charge on any atom is -0.316 e.